The van der Waals surface area contributed by atoms with Crippen LogP contribution in [0.4, 0.5) is 0 Å². The molecule has 0 aromatic rings. The number of aliphatic hydroxyl groups is 1. The minimum Gasteiger partial charge on any atom is -0.393 e. The predicted molar refractivity (Wildman–Crippen MR) is 57.6 cm³/mol. The standard InChI is InChI=1S/C10H19BNO2/c1-8(2)10(14)9-3-5-12(6-4-9)11-7-13/h7-10,14H,3-6H2,1-2H3. The van der Waals surface area contributed by atoms with Crippen molar-refractivity contribution < 1.29 is 9.90 Å². The highest BCUT2D eigenvalue weighted by molar-refractivity contribution is 6.64. The zero-order valence-electron chi connectivity index (χ0n) is 9.02. The van der Waals surface area contributed by atoms with Crippen LogP contribution in [0.3, 0.4) is 0 Å². The lowest BCUT2D eigenvalue weighted by Gasteiger charge is -2.34. The topological polar surface area (TPSA) is 40.5 Å². The molecule has 1 heterocycles. The minimum absolute atomic E-state index is 0.187. The SMILES string of the molecule is CC(C)C(O)C1CCN([B]C=O)CC1. The summed E-state index contributed by atoms with van der Waals surface area (Å²) in [7, 11) is 1.60. The molecule has 0 aromatic heterocycles. The van der Waals surface area contributed by atoms with Crippen molar-refractivity contribution in [2.75, 3.05) is 13.1 Å². The first kappa shape index (κ1) is 11.7. The van der Waals surface area contributed by atoms with Gasteiger partial charge >= 0.3 is 0 Å². The molecule has 0 aromatic carbocycles. The van der Waals surface area contributed by atoms with Gasteiger partial charge in [-0.15, -0.1) is 0 Å². The van der Waals surface area contributed by atoms with Crippen LogP contribution in [0.2, 0.25) is 0 Å². The lowest BCUT2D eigenvalue weighted by Crippen LogP contribution is -2.41. The van der Waals surface area contributed by atoms with E-state index in [1.165, 1.54) is 0 Å². The molecule has 0 saturated carbocycles. The van der Waals surface area contributed by atoms with E-state index in [-0.39, 0.29) is 6.10 Å². The summed E-state index contributed by atoms with van der Waals surface area (Å²) in [4.78, 5) is 12.3. The third-order valence-electron chi connectivity index (χ3n) is 3.01. The van der Waals surface area contributed by atoms with Gasteiger partial charge in [0.2, 0.25) is 0 Å². The first-order valence-electron chi connectivity index (χ1n) is 5.36. The summed E-state index contributed by atoms with van der Waals surface area (Å²) in [6, 6.07) is 0. The van der Waals surface area contributed by atoms with Gasteiger partial charge in [0, 0.05) is 0 Å². The van der Waals surface area contributed by atoms with Crippen molar-refractivity contribution in [3.8, 4) is 0 Å². The number of carbonyl (C=O) groups is 1. The molecule has 1 unspecified atom stereocenters. The number of carbonyl (C=O) groups excluding carboxylic acids is 1. The van der Waals surface area contributed by atoms with Crippen LogP contribution < -0.4 is 0 Å². The molecule has 1 saturated heterocycles. The molecule has 1 aliphatic rings. The molecule has 4 heteroatoms. The molecular formula is C10H19BNO2. The number of nitrogens with zero attached hydrogens (tertiary/aromatic N) is 1. The van der Waals surface area contributed by atoms with Crippen LogP contribution in [0.1, 0.15) is 26.7 Å². The van der Waals surface area contributed by atoms with Crippen LogP contribution in [-0.4, -0.2) is 42.7 Å². The number of rotatable bonds is 4. The second-order valence-corrected chi connectivity index (χ2v) is 4.39. The summed E-state index contributed by atoms with van der Waals surface area (Å²) in [6.07, 6.45) is 2.63. The largest absolute Gasteiger partial charge is 0.393 e. The fourth-order valence-electron chi connectivity index (χ4n) is 2.04. The normalized spacial score (nSPS) is 22.3. The molecule has 1 atom stereocenters. The highest BCUT2D eigenvalue weighted by Crippen LogP contribution is 2.23. The van der Waals surface area contributed by atoms with Gasteiger partial charge in [0.25, 0.3) is 7.41 Å². The fourth-order valence-corrected chi connectivity index (χ4v) is 2.04. The predicted octanol–water partition coefficient (Wildman–Crippen LogP) is 0.525. The van der Waals surface area contributed by atoms with E-state index in [4.69, 9.17) is 0 Å². The molecule has 0 bridgehead atoms. The van der Waals surface area contributed by atoms with E-state index in [9.17, 15) is 9.90 Å². The first-order valence-corrected chi connectivity index (χ1v) is 5.36. The summed E-state index contributed by atoms with van der Waals surface area (Å²) in [5, 5.41) is 9.87. The van der Waals surface area contributed by atoms with Crippen LogP contribution in [0.25, 0.3) is 0 Å². The molecule has 0 aliphatic carbocycles. The van der Waals surface area contributed by atoms with E-state index in [1.807, 2.05) is 4.81 Å². The van der Waals surface area contributed by atoms with Gasteiger partial charge in [0.05, 0.1) is 12.3 Å². The van der Waals surface area contributed by atoms with Gasteiger partial charge in [0.1, 0.15) is 0 Å². The van der Waals surface area contributed by atoms with Gasteiger partial charge in [-0.1, -0.05) is 13.8 Å². The molecule has 0 spiro atoms. The Kier molecular flexibility index (Phi) is 4.62. The van der Waals surface area contributed by atoms with Gasteiger partial charge in [-0.2, -0.15) is 0 Å². The zero-order valence-corrected chi connectivity index (χ0v) is 9.02. The average Bonchev–Trinajstić information content (AvgIpc) is 2.18. The molecule has 79 valence electrons. The Bertz CT molecular complexity index is 179. The maximum Gasteiger partial charge on any atom is 0.293 e. The maximum atomic E-state index is 10.3. The molecule has 14 heavy (non-hydrogen) atoms. The quantitative estimate of drug-likeness (QED) is 0.526. The fraction of sp³-hybridized carbons (Fsp3) is 0.900. The number of hydrogen-bond acceptors (Lipinski definition) is 3. The third-order valence-corrected chi connectivity index (χ3v) is 3.01. The van der Waals surface area contributed by atoms with Crippen molar-refractivity contribution >= 4 is 13.6 Å². The summed E-state index contributed by atoms with van der Waals surface area (Å²) in [5.41, 5.74) is 0. The van der Waals surface area contributed by atoms with Crippen molar-refractivity contribution in [1.82, 2.24) is 4.81 Å². The smallest absolute Gasteiger partial charge is 0.293 e. The number of hydrogen-bond donors (Lipinski definition) is 1. The zero-order chi connectivity index (χ0) is 10.6. The minimum atomic E-state index is -0.187. The lowest BCUT2D eigenvalue weighted by molar-refractivity contribution is 0.0403. The molecule has 1 aliphatic heterocycles. The average molecular weight is 196 g/mol. The Hall–Kier alpha value is -0.345. The van der Waals surface area contributed by atoms with E-state index in [0.717, 1.165) is 32.1 Å². The monoisotopic (exact) mass is 196 g/mol. The van der Waals surface area contributed by atoms with E-state index in [1.54, 1.807) is 7.41 Å². The first-order chi connectivity index (χ1) is 6.65. The summed E-state index contributed by atoms with van der Waals surface area (Å²) >= 11 is 0. The number of piperidine rings is 1. The summed E-state index contributed by atoms with van der Waals surface area (Å²) in [5.74, 6) is 0.743. The highest BCUT2D eigenvalue weighted by atomic mass is 16.3. The van der Waals surface area contributed by atoms with Gasteiger partial charge < -0.3 is 14.7 Å². The van der Waals surface area contributed by atoms with Crippen molar-refractivity contribution in [3.63, 3.8) is 0 Å². The number of aliphatic hydroxyl groups excluding tert-OH is 1. The molecule has 1 radical (unpaired) electrons. The van der Waals surface area contributed by atoms with Crippen LogP contribution in [0.5, 0.6) is 0 Å². The van der Waals surface area contributed by atoms with Crippen LogP contribution >= 0.6 is 0 Å². The van der Waals surface area contributed by atoms with E-state index in [0.29, 0.717) is 11.8 Å². The van der Waals surface area contributed by atoms with Crippen LogP contribution in [0.15, 0.2) is 0 Å². The van der Waals surface area contributed by atoms with Gasteiger partial charge in [-0.05, 0) is 37.8 Å². The second kappa shape index (κ2) is 5.52. The van der Waals surface area contributed by atoms with Crippen molar-refractivity contribution in [2.24, 2.45) is 11.8 Å². The van der Waals surface area contributed by atoms with E-state index in [2.05, 4.69) is 13.8 Å². The summed E-state index contributed by atoms with van der Waals surface area (Å²) in [6.45, 7) is 5.89. The van der Waals surface area contributed by atoms with Gasteiger partial charge in [0.15, 0.2) is 0 Å². The second-order valence-electron chi connectivity index (χ2n) is 4.39. The Balaban J connectivity index is 2.31. The van der Waals surface area contributed by atoms with Crippen LogP contribution in [0, 0.1) is 11.8 Å². The van der Waals surface area contributed by atoms with Crippen molar-refractivity contribution in [2.45, 2.75) is 32.8 Å². The highest BCUT2D eigenvalue weighted by Gasteiger charge is 2.26. The molecular weight excluding hydrogens is 177 g/mol. The Morgan fingerprint density at radius 2 is 2.00 bits per heavy atom. The third kappa shape index (κ3) is 3.10. The van der Waals surface area contributed by atoms with Crippen molar-refractivity contribution in [1.29, 1.82) is 0 Å². The Labute approximate surface area is 86.7 Å². The lowest BCUT2D eigenvalue weighted by atomic mass is 9.82. The van der Waals surface area contributed by atoms with E-state index < -0.39 is 0 Å². The van der Waals surface area contributed by atoms with Crippen LogP contribution in [-0.2, 0) is 4.79 Å². The molecule has 1 fully saturated rings. The summed E-state index contributed by atoms with van der Waals surface area (Å²) < 4.78 is 0. The molecule has 3 nitrogen and oxygen atoms in total. The van der Waals surface area contributed by atoms with E-state index >= 15 is 0 Å². The van der Waals surface area contributed by atoms with Crippen molar-refractivity contribution in [3.05, 3.63) is 0 Å². The Morgan fingerprint density at radius 1 is 1.43 bits per heavy atom. The van der Waals surface area contributed by atoms with Gasteiger partial charge in [-0.25, -0.2) is 0 Å². The van der Waals surface area contributed by atoms with Gasteiger partial charge in [-0.3, -0.25) is 0 Å². The maximum absolute atomic E-state index is 10.3. The Morgan fingerprint density at radius 3 is 2.43 bits per heavy atom. The molecule has 1 N–H and O–H groups in total. The molecule has 0 amide bonds. The molecule has 1 rings (SSSR count).